The summed E-state index contributed by atoms with van der Waals surface area (Å²) in [6.07, 6.45) is 0. The molecule has 0 saturated carbocycles. The summed E-state index contributed by atoms with van der Waals surface area (Å²) in [5.41, 5.74) is 5.65. The van der Waals surface area contributed by atoms with Gasteiger partial charge in [-0.15, -0.1) is 24.8 Å². The van der Waals surface area contributed by atoms with Crippen molar-refractivity contribution in [1.82, 2.24) is 0 Å². The standard InChI is InChI=1S/C8H10O.C8H13Si.C3H6.2ClH.Ti/c1-6-3-7(2)5-8(9)4-6;1-5-4-8(9)7(3)6(5)2;1-3-2;;;/h3-5,9H,1-2H3;5H,1-3,9H3;1-2H3;2*1H;/q;;;;;+1/p-1. The number of allylic oxidation sites excluding steroid dienone is 4. The topological polar surface area (TPSA) is 9.23 Å². The minimum absolute atomic E-state index is 0. The summed E-state index contributed by atoms with van der Waals surface area (Å²) < 4.78 is 9.78. The van der Waals surface area contributed by atoms with Crippen LogP contribution in [-0.2, 0) is 17.8 Å². The minimum Gasteiger partial charge on any atom is -0.147 e. The summed E-state index contributed by atoms with van der Waals surface area (Å²) in [5.74, 6) is 1.63. The Kier molecular flexibility index (Phi) is 9.50. The molecule has 134 valence electrons. The van der Waals surface area contributed by atoms with Gasteiger partial charge in [-0.1, -0.05) is 0 Å². The predicted octanol–water partition coefficient (Wildman–Crippen LogP) is 4.83. The molecule has 24 heavy (non-hydrogen) atoms. The number of rotatable bonds is 3. The summed E-state index contributed by atoms with van der Waals surface area (Å²) in [6.45, 7) is 15.8. The van der Waals surface area contributed by atoms with Gasteiger partial charge >= 0.3 is 145 Å². The number of benzene rings is 1. The van der Waals surface area contributed by atoms with Crippen molar-refractivity contribution in [2.24, 2.45) is 5.92 Å². The Morgan fingerprint density at radius 1 is 1.00 bits per heavy atom. The van der Waals surface area contributed by atoms with E-state index in [2.05, 4.69) is 66.7 Å². The van der Waals surface area contributed by atoms with Crippen molar-refractivity contribution in [3.05, 3.63) is 49.5 Å². The van der Waals surface area contributed by atoms with Crippen LogP contribution in [0.3, 0.4) is 0 Å². The molecule has 1 unspecified atom stereocenters. The Bertz CT molecular complexity index is 696. The van der Waals surface area contributed by atoms with Gasteiger partial charge in [0.15, 0.2) is 0 Å². The van der Waals surface area contributed by atoms with Crippen LogP contribution < -0.4 is 3.32 Å². The van der Waals surface area contributed by atoms with E-state index in [1.54, 1.807) is 14.6 Å². The Morgan fingerprint density at radius 2 is 1.50 bits per heavy atom. The van der Waals surface area contributed by atoms with Gasteiger partial charge in [-0.2, -0.15) is 0 Å². The molecular weight excluding hydrogens is 391 g/mol. The molecule has 0 aliphatic heterocycles. The van der Waals surface area contributed by atoms with Gasteiger partial charge in [-0.05, 0) is 0 Å². The monoisotopic (exact) mass is 420 g/mol. The van der Waals surface area contributed by atoms with E-state index < -0.39 is 17.8 Å². The zero-order chi connectivity index (χ0) is 16.6. The van der Waals surface area contributed by atoms with Crippen LogP contribution in [-0.4, -0.2) is 14.1 Å². The van der Waals surface area contributed by atoms with Crippen molar-refractivity contribution < 1.29 is 21.1 Å². The molecule has 0 spiro atoms. The molecule has 1 atom stereocenters. The van der Waals surface area contributed by atoms with Gasteiger partial charge in [-0.3, -0.25) is 0 Å². The van der Waals surface area contributed by atoms with E-state index in [1.807, 2.05) is 0 Å². The van der Waals surface area contributed by atoms with Crippen LogP contribution in [0, 0.1) is 19.8 Å². The zero-order valence-corrected chi connectivity index (χ0v) is 21.2. The smallest absolute Gasteiger partial charge is 0.147 e. The first-order chi connectivity index (χ1) is 10.2. The number of aryl methyl sites for hydroxylation is 2. The summed E-state index contributed by atoms with van der Waals surface area (Å²) >= 11 is -1.86. The Balaban J connectivity index is 0.00000264. The van der Waals surface area contributed by atoms with Crippen LogP contribution in [0.1, 0.15) is 45.7 Å². The average molecular weight is 421 g/mol. The molecule has 0 saturated heterocycles. The maximum atomic E-state index is 6.63. The van der Waals surface area contributed by atoms with E-state index in [1.165, 1.54) is 20.5 Å². The molecule has 1 aliphatic rings. The van der Waals surface area contributed by atoms with Crippen LogP contribution >= 0.6 is 24.8 Å². The molecule has 0 N–H and O–H groups in total. The molecule has 0 heterocycles. The van der Waals surface area contributed by atoms with Crippen molar-refractivity contribution in [3.63, 3.8) is 0 Å². The third kappa shape index (κ3) is 4.95. The van der Waals surface area contributed by atoms with Crippen molar-refractivity contribution in [3.8, 4) is 5.75 Å². The summed E-state index contributed by atoms with van der Waals surface area (Å²) in [5, 5.41) is 1.62. The van der Waals surface area contributed by atoms with Gasteiger partial charge in [-0.25, -0.2) is 0 Å². The van der Waals surface area contributed by atoms with Crippen LogP contribution in [0.5, 0.6) is 5.75 Å². The minimum atomic E-state index is -1.86. The molecule has 2 rings (SSSR count). The number of halogens is 2. The molecule has 0 bridgehead atoms. The first-order valence-electron chi connectivity index (χ1n) is 8.04. The number of hydrogen-bond acceptors (Lipinski definition) is 1. The fraction of sp³-hybridized carbons (Fsp3) is 0.421. The maximum Gasteiger partial charge on any atom is -0.147 e. The molecule has 1 aliphatic carbocycles. The molecule has 1 aromatic rings. The largest absolute Gasteiger partial charge is 0.147 e. The summed E-state index contributed by atoms with van der Waals surface area (Å²) in [6, 6.07) is 6.58. The normalized spacial score (nSPS) is 16.7. The van der Waals surface area contributed by atoms with Crippen LogP contribution in [0.15, 0.2) is 38.4 Å². The van der Waals surface area contributed by atoms with E-state index in [9.17, 15) is 0 Å². The Labute approximate surface area is 169 Å². The zero-order valence-electron chi connectivity index (χ0n) is 16.0. The van der Waals surface area contributed by atoms with Gasteiger partial charge in [0.05, 0.1) is 0 Å². The van der Waals surface area contributed by atoms with Gasteiger partial charge in [0, 0.05) is 0 Å². The van der Waals surface area contributed by atoms with Gasteiger partial charge in [0.25, 0.3) is 0 Å². The fourth-order valence-corrected chi connectivity index (χ4v) is 8.69. The second kappa shape index (κ2) is 9.54. The number of hydrogen-bond donors (Lipinski definition) is 0. The van der Waals surface area contributed by atoms with Crippen LogP contribution in [0.4, 0.5) is 0 Å². The molecular formula is C19H30Cl2OSiTi. The maximum absolute atomic E-state index is 6.63. The van der Waals surface area contributed by atoms with E-state index in [4.69, 9.17) is 3.32 Å². The second-order valence-electron chi connectivity index (χ2n) is 6.82. The SMILES string of the molecule is CC1=C(C)C(C)[C]([Ti]([O]c2cc(C)cc(C)c2)=[C](C)C)=C1[SiH3].Cl.Cl. The van der Waals surface area contributed by atoms with Crippen molar-refractivity contribution in [2.75, 3.05) is 0 Å². The van der Waals surface area contributed by atoms with Crippen molar-refractivity contribution >= 4 is 38.9 Å². The first kappa shape index (κ1) is 23.9. The predicted molar refractivity (Wildman–Crippen MR) is 112 cm³/mol. The van der Waals surface area contributed by atoms with Gasteiger partial charge < -0.3 is 0 Å². The quantitative estimate of drug-likeness (QED) is 0.636. The first-order valence-corrected chi connectivity index (χ1v) is 11.2. The molecule has 1 aromatic carbocycles. The van der Waals surface area contributed by atoms with E-state index in [0.29, 0.717) is 5.92 Å². The summed E-state index contributed by atoms with van der Waals surface area (Å²) in [7, 11) is 1.12. The third-order valence-corrected chi connectivity index (χ3v) is 11.0. The fourth-order valence-electron chi connectivity index (χ4n) is 3.27. The van der Waals surface area contributed by atoms with Gasteiger partial charge in [0.2, 0.25) is 0 Å². The van der Waals surface area contributed by atoms with Crippen LogP contribution in [0.25, 0.3) is 0 Å². The molecule has 5 heteroatoms. The Morgan fingerprint density at radius 3 is 1.88 bits per heavy atom. The van der Waals surface area contributed by atoms with E-state index in [-0.39, 0.29) is 24.8 Å². The molecule has 0 fully saturated rings. The van der Waals surface area contributed by atoms with Gasteiger partial charge in [0.1, 0.15) is 0 Å². The van der Waals surface area contributed by atoms with E-state index >= 15 is 0 Å². The van der Waals surface area contributed by atoms with E-state index in [0.717, 1.165) is 16.0 Å². The molecule has 0 amide bonds. The van der Waals surface area contributed by atoms with Crippen molar-refractivity contribution in [1.29, 1.82) is 0 Å². The summed E-state index contributed by atoms with van der Waals surface area (Å²) in [4.78, 5) is 0. The molecule has 0 radical (unpaired) electrons. The Hall–Kier alpha value is -0.119. The van der Waals surface area contributed by atoms with Crippen molar-refractivity contribution in [2.45, 2.75) is 48.5 Å². The molecule has 1 nitrogen and oxygen atoms in total. The molecule has 0 aromatic heterocycles. The third-order valence-electron chi connectivity index (χ3n) is 4.75. The second-order valence-corrected chi connectivity index (χ2v) is 11.6. The van der Waals surface area contributed by atoms with Crippen LogP contribution in [0.2, 0.25) is 0 Å². The average Bonchev–Trinajstić information content (AvgIpc) is 2.60.